The first-order valence-corrected chi connectivity index (χ1v) is 7.73. The van der Waals surface area contributed by atoms with Crippen molar-refractivity contribution < 1.29 is 0 Å². The number of rotatable bonds is 2. The molecule has 1 aromatic carbocycles. The van der Waals surface area contributed by atoms with Gasteiger partial charge in [0.15, 0.2) is 0 Å². The molecule has 0 aliphatic rings. The first-order valence-electron chi connectivity index (χ1n) is 6.47. The van der Waals surface area contributed by atoms with E-state index in [2.05, 4.69) is 5.10 Å². The molecule has 0 aliphatic heterocycles. The Balaban J connectivity index is 2.18. The number of aryl methyl sites for hydroxylation is 2. The predicted molar refractivity (Wildman–Crippen MR) is 87.6 cm³/mol. The Kier molecular flexibility index (Phi) is 3.66. The van der Waals surface area contributed by atoms with E-state index in [1.165, 1.54) is 4.68 Å². The Hall–Kier alpha value is -1.91. The Labute approximate surface area is 131 Å². The van der Waals surface area contributed by atoms with E-state index in [1.54, 1.807) is 24.3 Å². The first kappa shape index (κ1) is 14.0. The summed E-state index contributed by atoms with van der Waals surface area (Å²) in [6.45, 7) is 3.81. The second-order valence-corrected chi connectivity index (χ2v) is 6.40. The van der Waals surface area contributed by atoms with Crippen molar-refractivity contribution in [2.45, 2.75) is 13.8 Å². The molecule has 5 heteroatoms. The van der Waals surface area contributed by atoms with Gasteiger partial charge >= 0.3 is 0 Å². The molecule has 3 aromatic rings. The normalized spacial score (nSPS) is 10.8. The summed E-state index contributed by atoms with van der Waals surface area (Å²) in [6.07, 6.45) is 0. The molecule has 0 aliphatic carbocycles. The van der Waals surface area contributed by atoms with Crippen molar-refractivity contribution in [3.8, 4) is 16.9 Å². The molecule has 0 saturated heterocycles. The molecule has 3 nitrogen and oxygen atoms in total. The van der Waals surface area contributed by atoms with Gasteiger partial charge in [-0.15, -0.1) is 11.3 Å². The molecule has 0 radical (unpaired) electrons. The van der Waals surface area contributed by atoms with Crippen LogP contribution in [0.15, 0.2) is 46.6 Å². The average Bonchev–Trinajstić information content (AvgIpc) is 2.89. The number of thiophene rings is 1. The molecule has 0 fully saturated rings. The van der Waals surface area contributed by atoms with E-state index in [-0.39, 0.29) is 5.56 Å². The fraction of sp³-hybridized carbons (Fsp3) is 0.125. The van der Waals surface area contributed by atoms with Crippen molar-refractivity contribution in [2.24, 2.45) is 0 Å². The monoisotopic (exact) mass is 316 g/mol. The van der Waals surface area contributed by atoms with Crippen LogP contribution in [-0.2, 0) is 0 Å². The summed E-state index contributed by atoms with van der Waals surface area (Å²) in [7, 11) is 0. The van der Waals surface area contributed by atoms with Crippen molar-refractivity contribution in [3.63, 3.8) is 0 Å². The van der Waals surface area contributed by atoms with E-state index in [1.807, 2.05) is 42.6 Å². The molecular formula is C16H13ClN2OS. The van der Waals surface area contributed by atoms with Gasteiger partial charge in [-0.2, -0.15) is 9.78 Å². The van der Waals surface area contributed by atoms with E-state index < -0.39 is 0 Å². The van der Waals surface area contributed by atoms with Crippen LogP contribution in [0.2, 0.25) is 5.02 Å². The zero-order valence-corrected chi connectivity index (χ0v) is 13.2. The average molecular weight is 317 g/mol. The highest BCUT2D eigenvalue weighted by Gasteiger charge is 2.10. The van der Waals surface area contributed by atoms with Gasteiger partial charge in [0.2, 0.25) is 0 Å². The third kappa shape index (κ3) is 2.77. The van der Waals surface area contributed by atoms with Gasteiger partial charge in [0.05, 0.1) is 11.4 Å². The van der Waals surface area contributed by atoms with E-state index in [4.69, 9.17) is 11.6 Å². The molecule has 0 atom stereocenters. The molecule has 3 rings (SSSR count). The fourth-order valence-electron chi connectivity index (χ4n) is 2.09. The zero-order valence-electron chi connectivity index (χ0n) is 11.6. The van der Waals surface area contributed by atoms with Crippen molar-refractivity contribution in [3.05, 3.63) is 67.6 Å². The fourth-order valence-corrected chi connectivity index (χ4v) is 2.88. The standard InChI is InChI=1S/C16H13ClN2OS/c1-10-7-15(12-3-5-13(17)6-4-12)18-19(16(10)20)14-8-11(2)21-9-14/h3-9H,1-2H3. The molecule has 106 valence electrons. The molecule has 21 heavy (non-hydrogen) atoms. The van der Waals surface area contributed by atoms with Crippen molar-refractivity contribution in [1.29, 1.82) is 0 Å². The summed E-state index contributed by atoms with van der Waals surface area (Å²) in [5.74, 6) is 0. The Morgan fingerprint density at radius 1 is 1.14 bits per heavy atom. The highest BCUT2D eigenvalue weighted by molar-refractivity contribution is 7.10. The largest absolute Gasteiger partial charge is 0.274 e. The van der Waals surface area contributed by atoms with Gasteiger partial charge in [0.1, 0.15) is 0 Å². The minimum absolute atomic E-state index is 0.0921. The molecule has 0 N–H and O–H groups in total. The van der Waals surface area contributed by atoms with Crippen LogP contribution < -0.4 is 5.56 Å². The first-order chi connectivity index (χ1) is 10.0. The van der Waals surface area contributed by atoms with E-state index in [9.17, 15) is 4.79 Å². The van der Waals surface area contributed by atoms with Gasteiger partial charge in [0, 0.05) is 26.4 Å². The van der Waals surface area contributed by atoms with Crippen molar-refractivity contribution in [2.75, 3.05) is 0 Å². The maximum absolute atomic E-state index is 12.3. The van der Waals surface area contributed by atoms with E-state index >= 15 is 0 Å². The van der Waals surface area contributed by atoms with Gasteiger partial charge in [0.25, 0.3) is 5.56 Å². The van der Waals surface area contributed by atoms with Gasteiger partial charge in [-0.05, 0) is 38.1 Å². The second-order valence-electron chi connectivity index (χ2n) is 4.85. The third-order valence-electron chi connectivity index (χ3n) is 3.19. The third-order valence-corrected chi connectivity index (χ3v) is 4.29. The highest BCUT2D eigenvalue weighted by atomic mass is 35.5. The number of aromatic nitrogens is 2. The maximum Gasteiger partial charge on any atom is 0.274 e. The van der Waals surface area contributed by atoms with Gasteiger partial charge in [-0.25, -0.2) is 0 Å². The lowest BCUT2D eigenvalue weighted by molar-refractivity contribution is 0.805. The number of benzene rings is 1. The predicted octanol–water partition coefficient (Wildman–Crippen LogP) is 4.23. The van der Waals surface area contributed by atoms with Crippen molar-refractivity contribution >= 4 is 22.9 Å². The Morgan fingerprint density at radius 2 is 1.86 bits per heavy atom. The Morgan fingerprint density at radius 3 is 2.48 bits per heavy atom. The van der Waals surface area contributed by atoms with Gasteiger partial charge < -0.3 is 0 Å². The van der Waals surface area contributed by atoms with Gasteiger partial charge in [-0.1, -0.05) is 23.7 Å². The van der Waals surface area contributed by atoms with E-state index in [0.29, 0.717) is 10.6 Å². The summed E-state index contributed by atoms with van der Waals surface area (Å²) < 4.78 is 1.46. The highest BCUT2D eigenvalue weighted by Crippen LogP contribution is 2.21. The number of hydrogen-bond acceptors (Lipinski definition) is 3. The SMILES string of the molecule is Cc1cc(-n2nc(-c3ccc(Cl)cc3)cc(C)c2=O)cs1. The molecule has 0 amide bonds. The molecule has 0 saturated carbocycles. The lowest BCUT2D eigenvalue weighted by Crippen LogP contribution is -2.23. The molecule has 2 aromatic heterocycles. The minimum Gasteiger partial charge on any atom is -0.267 e. The van der Waals surface area contributed by atoms with Crippen LogP contribution in [0.25, 0.3) is 16.9 Å². The summed E-state index contributed by atoms with van der Waals surface area (Å²) in [6, 6.07) is 11.2. The van der Waals surface area contributed by atoms with E-state index in [0.717, 1.165) is 21.8 Å². The van der Waals surface area contributed by atoms with Crippen LogP contribution in [0.4, 0.5) is 0 Å². The smallest absolute Gasteiger partial charge is 0.267 e. The molecule has 0 unspecified atom stereocenters. The summed E-state index contributed by atoms with van der Waals surface area (Å²) in [5, 5.41) is 7.10. The molecule has 0 bridgehead atoms. The molecule has 0 spiro atoms. The van der Waals surface area contributed by atoms with Gasteiger partial charge in [-0.3, -0.25) is 4.79 Å². The number of nitrogens with zero attached hydrogens (tertiary/aromatic N) is 2. The summed E-state index contributed by atoms with van der Waals surface area (Å²) in [4.78, 5) is 13.4. The Bertz CT molecular complexity index is 849. The number of hydrogen-bond donors (Lipinski definition) is 0. The van der Waals surface area contributed by atoms with Crippen LogP contribution in [0.5, 0.6) is 0 Å². The van der Waals surface area contributed by atoms with Crippen molar-refractivity contribution in [1.82, 2.24) is 9.78 Å². The van der Waals surface area contributed by atoms with Crippen LogP contribution in [-0.4, -0.2) is 9.78 Å². The van der Waals surface area contributed by atoms with Crippen LogP contribution in [0.3, 0.4) is 0 Å². The number of halogens is 1. The summed E-state index contributed by atoms with van der Waals surface area (Å²) >= 11 is 7.51. The maximum atomic E-state index is 12.3. The molecular weight excluding hydrogens is 304 g/mol. The lowest BCUT2D eigenvalue weighted by atomic mass is 10.1. The van der Waals surface area contributed by atoms with Crippen LogP contribution in [0, 0.1) is 13.8 Å². The second kappa shape index (κ2) is 5.47. The lowest BCUT2D eigenvalue weighted by Gasteiger charge is -2.07. The quantitative estimate of drug-likeness (QED) is 0.709. The zero-order chi connectivity index (χ0) is 15.0. The minimum atomic E-state index is -0.0921. The summed E-state index contributed by atoms with van der Waals surface area (Å²) in [5.41, 5.74) is 3.07. The van der Waals surface area contributed by atoms with Crippen LogP contribution >= 0.6 is 22.9 Å². The molecule has 2 heterocycles. The van der Waals surface area contributed by atoms with Crippen LogP contribution in [0.1, 0.15) is 10.4 Å². The topological polar surface area (TPSA) is 34.9 Å².